The SMILES string of the molecule is CC(CO)(CCl)COc1ccc2cn(-c3nc(C(=O)Nc4cnccc4N4CCNCC4)cs3)c(O)c2c1. The summed E-state index contributed by atoms with van der Waals surface area (Å²) in [5.41, 5.74) is 1.22. The summed E-state index contributed by atoms with van der Waals surface area (Å²) >= 11 is 7.20. The van der Waals surface area contributed by atoms with E-state index in [9.17, 15) is 15.0 Å². The van der Waals surface area contributed by atoms with Gasteiger partial charge < -0.3 is 30.5 Å². The smallest absolute Gasteiger partial charge is 0.275 e. The van der Waals surface area contributed by atoms with Crippen LogP contribution in [0.2, 0.25) is 0 Å². The van der Waals surface area contributed by atoms with Gasteiger partial charge in [-0.25, -0.2) is 4.98 Å². The minimum Gasteiger partial charge on any atom is -0.494 e. The number of alkyl halides is 1. The molecule has 0 saturated carbocycles. The zero-order valence-corrected chi connectivity index (χ0v) is 22.4. The zero-order valence-electron chi connectivity index (χ0n) is 20.9. The van der Waals surface area contributed by atoms with Crippen molar-refractivity contribution < 1.29 is 19.7 Å². The number of nitrogens with zero attached hydrogens (tertiary/aromatic N) is 4. The van der Waals surface area contributed by atoms with Gasteiger partial charge in [0.2, 0.25) is 5.88 Å². The number of pyridine rings is 1. The van der Waals surface area contributed by atoms with Crippen molar-refractivity contribution in [2.24, 2.45) is 5.41 Å². The topological polar surface area (TPSA) is 125 Å². The van der Waals surface area contributed by atoms with Crippen molar-refractivity contribution in [1.29, 1.82) is 0 Å². The first-order valence-corrected chi connectivity index (χ1v) is 13.6. The van der Waals surface area contributed by atoms with Crippen molar-refractivity contribution in [2.75, 3.05) is 55.5 Å². The molecule has 200 valence electrons. The van der Waals surface area contributed by atoms with Crippen LogP contribution in [0.5, 0.6) is 11.6 Å². The Morgan fingerprint density at radius 1 is 1.32 bits per heavy atom. The van der Waals surface area contributed by atoms with Crippen LogP contribution in [0.4, 0.5) is 11.4 Å². The Labute approximate surface area is 228 Å². The molecular formula is C26H29ClN6O4S. The van der Waals surface area contributed by atoms with Crippen molar-refractivity contribution in [2.45, 2.75) is 6.92 Å². The molecule has 1 aromatic carbocycles. The highest BCUT2D eigenvalue weighted by Gasteiger charge is 2.24. The molecule has 1 saturated heterocycles. The number of carbonyl (C=O) groups excluding carboxylic acids is 1. The molecule has 10 nitrogen and oxygen atoms in total. The van der Waals surface area contributed by atoms with E-state index in [1.54, 1.807) is 40.7 Å². The molecule has 1 unspecified atom stereocenters. The van der Waals surface area contributed by atoms with Crippen molar-refractivity contribution in [1.82, 2.24) is 19.9 Å². The number of aromatic nitrogens is 3. The number of fused-ring (bicyclic) bond motifs is 1. The van der Waals surface area contributed by atoms with Gasteiger partial charge in [0, 0.05) is 66.0 Å². The van der Waals surface area contributed by atoms with E-state index in [0.717, 1.165) is 37.3 Å². The van der Waals surface area contributed by atoms with E-state index in [1.807, 2.05) is 19.1 Å². The van der Waals surface area contributed by atoms with Crippen LogP contribution < -0.4 is 20.3 Å². The van der Waals surface area contributed by atoms with Gasteiger partial charge in [0.05, 0.1) is 30.8 Å². The molecule has 0 aliphatic carbocycles. The second-order valence-electron chi connectivity index (χ2n) is 9.56. The molecule has 1 atom stereocenters. The van der Waals surface area contributed by atoms with E-state index in [1.165, 1.54) is 11.3 Å². The van der Waals surface area contributed by atoms with Crippen LogP contribution in [0.3, 0.4) is 0 Å². The number of aliphatic hydroxyl groups excluding tert-OH is 1. The fourth-order valence-electron chi connectivity index (χ4n) is 4.12. The Morgan fingerprint density at radius 3 is 2.89 bits per heavy atom. The number of hydrogen-bond acceptors (Lipinski definition) is 9. The van der Waals surface area contributed by atoms with Crippen LogP contribution in [0, 0.1) is 5.41 Å². The first-order chi connectivity index (χ1) is 18.4. The number of ether oxygens (including phenoxy) is 1. The van der Waals surface area contributed by atoms with Crippen molar-refractivity contribution in [3.05, 3.63) is 53.9 Å². The lowest BCUT2D eigenvalue weighted by Gasteiger charge is -2.30. The summed E-state index contributed by atoms with van der Waals surface area (Å²) in [4.78, 5) is 23.9. The van der Waals surface area contributed by atoms with Crippen molar-refractivity contribution in [3.8, 4) is 16.8 Å². The van der Waals surface area contributed by atoms with Crippen molar-refractivity contribution >= 4 is 51.0 Å². The van der Waals surface area contributed by atoms with Gasteiger partial charge in [-0.05, 0) is 24.3 Å². The van der Waals surface area contributed by atoms with Gasteiger partial charge in [0.25, 0.3) is 5.91 Å². The molecule has 38 heavy (non-hydrogen) atoms. The number of anilines is 2. The van der Waals surface area contributed by atoms with Gasteiger partial charge in [-0.1, -0.05) is 6.92 Å². The van der Waals surface area contributed by atoms with Gasteiger partial charge in [0.1, 0.15) is 11.4 Å². The molecule has 0 radical (unpaired) electrons. The minimum atomic E-state index is -0.566. The standard InChI is InChI=1S/C26H29ClN6O4S/c1-26(14-27,15-34)16-37-18-3-2-17-12-33(24(36)19(17)10-18)25-31-21(13-38-25)23(35)30-20-11-29-5-4-22(20)32-8-6-28-7-9-32/h2-5,10-13,28,34,36H,6-9,14-16H2,1H3,(H,30,35). The molecule has 4 aromatic rings. The van der Waals surface area contributed by atoms with Crippen LogP contribution in [0.25, 0.3) is 15.9 Å². The van der Waals surface area contributed by atoms with Gasteiger partial charge in [0.15, 0.2) is 5.13 Å². The normalized spacial score (nSPS) is 15.4. The first-order valence-electron chi connectivity index (χ1n) is 12.2. The summed E-state index contributed by atoms with van der Waals surface area (Å²) in [6.07, 6.45) is 5.12. The molecule has 4 heterocycles. The second kappa shape index (κ2) is 11.2. The number of aliphatic hydroxyl groups is 1. The third-order valence-electron chi connectivity index (χ3n) is 6.49. The van der Waals surface area contributed by atoms with E-state index in [0.29, 0.717) is 22.0 Å². The van der Waals surface area contributed by atoms with Crippen LogP contribution in [0.1, 0.15) is 17.4 Å². The Morgan fingerprint density at radius 2 is 2.13 bits per heavy atom. The maximum absolute atomic E-state index is 13.1. The molecule has 1 amide bonds. The van der Waals surface area contributed by atoms with E-state index < -0.39 is 5.41 Å². The largest absolute Gasteiger partial charge is 0.494 e. The number of rotatable bonds is 9. The van der Waals surface area contributed by atoms with E-state index in [-0.39, 0.29) is 36.6 Å². The predicted octanol–water partition coefficient (Wildman–Crippen LogP) is 3.47. The summed E-state index contributed by atoms with van der Waals surface area (Å²) < 4.78 is 7.38. The van der Waals surface area contributed by atoms with E-state index >= 15 is 0 Å². The molecule has 12 heteroatoms. The maximum atomic E-state index is 13.1. The molecule has 0 spiro atoms. The van der Waals surface area contributed by atoms with Crippen molar-refractivity contribution in [3.63, 3.8) is 0 Å². The number of carbonyl (C=O) groups is 1. The lowest BCUT2D eigenvalue weighted by molar-refractivity contribution is 0.100. The van der Waals surface area contributed by atoms with E-state index in [2.05, 4.69) is 25.5 Å². The Balaban J connectivity index is 1.33. The molecule has 5 rings (SSSR count). The number of amides is 1. The Hall–Kier alpha value is -3.38. The number of halogens is 1. The van der Waals surface area contributed by atoms with Gasteiger partial charge >= 0.3 is 0 Å². The molecular weight excluding hydrogens is 528 g/mol. The Kier molecular flexibility index (Phi) is 7.70. The van der Waals surface area contributed by atoms with Crippen LogP contribution in [0.15, 0.2) is 48.2 Å². The molecule has 1 aliphatic rings. The lowest BCUT2D eigenvalue weighted by Crippen LogP contribution is -2.43. The van der Waals surface area contributed by atoms with E-state index in [4.69, 9.17) is 16.3 Å². The molecule has 3 aromatic heterocycles. The third-order valence-corrected chi connectivity index (χ3v) is 7.97. The average molecular weight is 557 g/mol. The van der Waals surface area contributed by atoms with Crippen LogP contribution in [-0.2, 0) is 0 Å². The maximum Gasteiger partial charge on any atom is 0.275 e. The molecule has 1 aliphatic heterocycles. The summed E-state index contributed by atoms with van der Waals surface area (Å²) in [5, 5.41) is 30.2. The minimum absolute atomic E-state index is 0.0118. The number of thiazole rings is 1. The zero-order chi connectivity index (χ0) is 26.7. The highest BCUT2D eigenvalue weighted by molar-refractivity contribution is 7.12. The average Bonchev–Trinajstić information content (AvgIpc) is 3.57. The van der Waals surface area contributed by atoms with Gasteiger partial charge in [-0.15, -0.1) is 22.9 Å². The Bertz CT molecular complexity index is 1430. The third kappa shape index (κ3) is 5.41. The summed E-state index contributed by atoms with van der Waals surface area (Å²) in [6.45, 7) is 5.41. The molecule has 1 fully saturated rings. The highest BCUT2D eigenvalue weighted by Crippen LogP contribution is 2.34. The fourth-order valence-corrected chi connectivity index (χ4v) is 5.06. The number of piperazine rings is 1. The highest BCUT2D eigenvalue weighted by atomic mass is 35.5. The van der Waals surface area contributed by atoms with Gasteiger partial charge in [-0.3, -0.25) is 14.3 Å². The molecule has 0 bridgehead atoms. The monoisotopic (exact) mass is 556 g/mol. The number of aromatic hydroxyl groups is 1. The number of nitrogens with one attached hydrogen (secondary N) is 2. The van der Waals surface area contributed by atoms with Gasteiger partial charge in [-0.2, -0.15) is 0 Å². The lowest BCUT2D eigenvalue weighted by atomic mass is 9.96. The predicted molar refractivity (Wildman–Crippen MR) is 149 cm³/mol. The number of benzene rings is 1. The van der Waals surface area contributed by atoms with Crippen LogP contribution in [-0.4, -0.2) is 75.9 Å². The number of hydrogen-bond donors (Lipinski definition) is 4. The quantitative estimate of drug-likeness (QED) is 0.231. The summed E-state index contributed by atoms with van der Waals surface area (Å²) in [6, 6.07) is 7.26. The summed E-state index contributed by atoms with van der Waals surface area (Å²) in [7, 11) is 0. The van der Waals surface area contributed by atoms with Crippen LogP contribution >= 0.6 is 22.9 Å². The molecule has 4 N–H and O–H groups in total. The second-order valence-corrected chi connectivity index (χ2v) is 10.7. The summed E-state index contributed by atoms with van der Waals surface area (Å²) in [5.74, 6) is 0.439. The fraction of sp³-hybridized carbons (Fsp3) is 0.346. The first kappa shape index (κ1) is 26.2.